The average Bonchev–Trinajstić information content (AvgIpc) is 2.14. The van der Waals surface area contributed by atoms with E-state index >= 15 is 0 Å². The first-order chi connectivity index (χ1) is 6.45. The van der Waals surface area contributed by atoms with Gasteiger partial charge in [0.05, 0.1) is 25.6 Å². The van der Waals surface area contributed by atoms with Crippen LogP contribution in [0.1, 0.15) is 0 Å². The van der Waals surface area contributed by atoms with Crippen LogP contribution in [0, 0.1) is 0 Å². The van der Waals surface area contributed by atoms with Crippen LogP contribution >= 0.6 is 11.6 Å². The highest BCUT2D eigenvalue weighted by molar-refractivity contribution is 7.89. The molecule has 0 radical (unpaired) electrons. The first kappa shape index (κ1) is 14.1. The molecule has 0 aliphatic rings. The standard InChI is InChI=1S/C6H14ClNO5S/c7-1-2-14(12,13)8-6(3-9,4-10)5-11/h8-11H,1-5H2. The van der Waals surface area contributed by atoms with Crippen LogP contribution in [-0.2, 0) is 10.0 Å². The molecule has 0 bridgehead atoms. The van der Waals surface area contributed by atoms with Crippen LogP contribution in [0.15, 0.2) is 0 Å². The molecule has 4 N–H and O–H groups in total. The molecule has 0 spiro atoms. The van der Waals surface area contributed by atoms with Crippen LogP contribution in [0.5, 0.6) is 0 Å². The van der Waals surface area contributed by atoms with Gasteiger partial charge >= 0.3 is 0 Å². The number of hydrogen-bond acceptors (Lipinski definition) is 5. The lowest BCUT2D eigenvalue weighted by molar-refractivity contribution is 0.0582. The lowest BCUT2D eigenvalue weighted by Gasteiger charge is -2.27. The maximum atomic E-state index is 11.2. The first-order valence-corrected chi connectivity index (χ1v) is 6.04. The van der Waals surface area contributed by atoms with Crippen molar-refractivity contribution in [2.24, 2.45) is 0 Å². The average molecular weight is 248 g/mol. The summed E-state index contributed by atoms with van der Waals surface area (Å²) in [5.74, 6) is -0.440. The summed E-state index contributed by atoms with van der Waals surface area (Å²) in [4.78, 5) is 0. The van der Waals surface area contributed by atoms with E-state index in [1.54, 1.807) is 0 Å². The quantitative estimate of drug-likeness (QED) is 0.384. The van der Waals surface area contributed by atoms with E-state index in [1.165, 1.54) is 0 Å². The smallest absolute Gasteiger partial charge is 0.213 e. The van der Waals surface area contributed by atoms with Gasteiger partial charge in [-0.2, -0.15) is 0 Å². The second-order valence-electron chi connectivity index (χ2n) is 2.86. The number of rotatable bonds is 7. The molecule has 86 valence electrons. The molecule has 0 saturated heterocycles. The highest BCUT2D eigenvalue weighted by atomic mass is 35.5. The van der Waals surface area contributed by atoms with Crippen LogP contribution in [0.25, 0.3) is 0 Å². The molecule has 14 heavy (non-hydrogen) atoms. The van der Waals surface area contributed by atoms with E-state index in [9.17, 15) is 8.42 Å². The molecule has 0 unspecified atom stereocenters. The molecule has 0 aliphatic carbocycles. The highest BCUT2D eigenvalue weighted by Crippen LogP contribution is 2.04. The van der Waals surface area contributed by atoms with Crippen molar-refractivity contribution in [1.82, 2.24) is 4.72 Å². The summed E-state index contributed by atoms with van der Waals surface area (Å²) in [6.45, 7) is -2.08. The number of hydrogen-bond donors (Lipinski definition) is 4. The first-order valence-electron chi connectivity index (χ1n) is 3.85. The van der Waals surface area contributed by atoms with Gasteiger partial charge in [-0.3, -0.25) is 0 Å². The zero-order valence-electron chi connectivity index (χ0n) is 7.48. The molecular weight excluding hydrogens is 234 g/mol. The number of halogens is 1. The molecule has 0 aromatic heterocycles. The normalized spacial score (nSPS) is 13.1. The topological polar surface area (TPSA) is 107 Å². The Morgan fingerprint density at radius 1 is 1.14 bits per heavy atom. The van der Waals surface area contributed by atoms with E-state index in [0.717, 1.165) is 0 Å². The number of aliphatic hydroxyl groups excluding tert-OH is 3. The minimum Gasteiger partial charge on any atom is -0.394 e. The van der Waals surface area contributed by atoms with Gasteiger partial charge in [0.2, 0.25) is 10.0 Å². The van der Waals surface area contributed by atoms with Gasteiger partial charge in [0.1, 0.15) is 5.54 Å². The molecule has 0 rings (SSSR count). The van der Waals surface area contributed by atoms with Crippen molar-refractivity contribution in [1.29, 1.82) is 0 Å². The second kappa shape index (κ2) is 5.84. The molecule has 8 heteroatoms. The van der Waals surface area contributed by atoms with E-state index in [0.29, 0.717) is 0 Å². The van der Waals surface area contributed by atoms with Crippen molar-refractivity contribution in [3.8, 4) is 0 Å². The van der Waals surface area contributed by atoms with Gasteiger partial charge in [-0.25, -0.2) is 13.1 Å². The summed E-state index contributed by atoms with van der Waals surface area (Å²) in [5, 5.41) is 26.5. The van der Waals surface area contributed by atoms with Gasteiger partial charge in [-0.1, -0.05) is 0 Å². The zero-order chi connectivity index (χ0) is 11.2. The number of nitrogens with one attached hydrogen (secondary N) is 1. The monoisotopic (exact) mass is 247 g/mol. The van der Waals surface area contributed by atoms with E-state index < -0.39 is 35.4 Å². The van der Waals surface area contributed by atoms with Gasteiger partial charge in [0.25, 0.3) is 0 Å². The highest BCUT2D eigenvalue weighted by Gasteiger charge is 2.32. The third-order valence-corrected chi connectivity index (χ3v) is 3.52. The fourth-order valence-electron chi connectivity index (χ4n) is 0.729. The minimum absolute atomic E-state index is 0.103. The Morgan fingerprint density at radius 2 is 1.57 bits per heavy atom. The summed E-state index contributed by atoms with van der Waals surface area (Å²) >= 11 is 5.24. The summed E-state index contributed by atoms with van der Waals surface area (Å²) in [6, 6.07) is 0. The minimum atomic E-state index is -3.69. The zero-order valence-corrected chi connectivity index (χ0v) is 9.05. The molecule has 0 aromatic rings. The lowest BCUT2D eigenvalue weighted by atomic mass is 10.1. The summed E-state index contributed by atoms with van der Waals surface area (Å²) in [5.41, 5.74) is -1.62. The van der Waals surface area contributed by atoms with Crippen molar-refractivity contribution < 1.29 is 23.7 Å². The van der Waals surface area contributed by atoms with Crippen LogP contribution in [0.3, 0.4) is 0 Å². The van der Waals surface area contributed by atoms with Gasteiger partial charge < -0.3 is 15.3 Å². The summed E-state index contributed by atoms with van der Waals surface area (Å²) in [7, 11) is -3.69. The number of sulfonamides is 1. The molecule has 0 aliphatic heterocycles. The van der Waals surface area contributed by atoms with Gasteiger partial charge in [-0.15, -0.1) is 11.6 Å². The Hall–Kier alpha value is 0.0800. The van der Waals surface area contributed by atoms with Gasteiger partial charge in [0, 0.05) is 5.88 Å². The van der Waals surface area contributed by atoms with E-state index in [2.05, 4.69) is 0 Å². The lowest BCUT2D eigenvalue weighted by Crippen LogP contribution is -2.57. The number of aliphatic hydroxyl groups is 3. The Morgan fingerprint density at radius 3 is 1.86 bits per heavy atom. The van der Waals surface area contributed by atoms with E-state index in [-0.39, 0.29) is 11.6 Å². The molecule has 0 atom stereocenters. The van der Waals surface area contributed by atoms with E-state index in [1.807, 2.05) is 4.72 Å². The molecule has 6 nitrogen and oxygen atoms in total. The van der Waals surface area contributed by atoms with Crippen LogP contribution in [0.4, 0.5) is 0 Å². The predicted molar refractivity (Wildman–Crippen MR) is 51.6 cm³/mol. The van der Waals surface area contributed by atoms with Crippen molar-refractivity contribution >= 4 is 21.6 Å². The van der Waals surface area contributed by atoms with E-state index in [4.69, 9.17) is 26.9 Å². The van der Waals surface area contributed by atoms with Gasteiger partial charge in [0.15, 0.2) is 0 Å². The maximum absolute atomic E-state index is 11.2. The molecule has 0 heterocycles. The Bertz CT molecular complexity index is 243. The fraction of sp³-hybridized carbons (Fsp3) is 1.00. The predicted octanol–water partition coefficient (Wildman–Crippen LogP) is -2.14. The largest absolute Gasteiger partial charge is 0.394 e. The Labute approximate surface area is 87.6 Å². The Kier molecular flexibility index (Phi) is 5.87. The maximum Gasteiger partial charge on any atom is 0.213 e. The molecular formula is C6H14ClNO5S. The summed E-state index contributed by atoms with van der Waals surface area (Å²) in [6.07, 6.45) is 0. The van der Waals surface area contributed by atoms with Crippen LogP contribution in [-0.4, -0.2) is 60.7 Å². The molecule has 0 saturated carbocycles. The third-order valence-electron chi connectivity index (χ3n) is 1.63. The molecule has 0 amide bonds. The molecule has 0 aromatic carbocycles. The van der Waals surface area contributed by atoms with Crippen molar-refractivity contribution in [2.75, 3.05) is 31.5 Å². The SMILES string of the molecule is O=S(=O)(CCCl)NC(CO)(CO)CO. The molecule has 0 fully saturated rings. The Balaban J connectivity index is 4.59. The van der Waals surface area contributed by atoms with Crippen molar-refractivity contribution in [3.05, 3.63) is 0 Å². The van der Waals surface area contributed by atoms with Crippen molar-refractivity contribution in [2.45, 2.75) is 5.54 Å². The fourth-order valence-corrected chi connectivity index (χ4v) is 2.50. The second-order valence-corrected chi connectivity index (χ2v) is 5.08. The van der Waals surface area contributed by atoms with Gasteiger partial charge in [-0.05, 0) is 0 Å². The summed E-state index contributed by atoms with van der Waals surface area (Å²) < 4.78 is 24.4. The number of alkyl halides is 1. The van der Waals surface area contributed by atoms with Crippen LogP contribution in [0.2, 0.25) is 0 Å². The third kappa shape index (κ3) is 4.07. The van der Waals surface area contributed by atoms with Crippen molar-refractivity contribution in [3.63, 3.8) is 0 Å². The van der Waals surface area contributed by atoms with Crippen LogP contribution < -0.4 is 4.72 Å².